The van der Waals surface area contributed by atoms with Crippen LogP contribution < -0.4 is 5.43 Å². The first-order valence-corrected chi connectivity index (χ1v) is 8.44. The van der Waals surface area contributed by atoms with Crippen molar-refractivity contribution >= 4 is 28.1 Å². The lowest BCUT2D eigenvalue weighted by atomic mass is 10.1. The predicted octanol–water partition coefficient (Wildman–Crippen LogP) is 4.35. The number of rotatable bonds is 5. The highest BCUT2D eigenvalue weighted by atomic mass is 79.9. The second-order valence-electron chi connectivity index (χ2n) is 6.03. The molecule has 0 unspecified atom stereocenters. The van der Waals surface area contributed by atoms with Crippen LogP contribution in [-0.4, -0.2) is 16.7 Å². The molecular weight excluding hydrogens is 354 g/mol. The van der Waals surface area contributed by atoms with Crippen molar-refractivity contribution in [3.05, 3.63) is 51.8 Å². The molecule has 1 aromatic heterocycles. The SMILES string of the molecule is Cc1cc(/C=N\NC(=O)CC(C)C)c(C)n1-c1cccc(Br)c1. The zero-order chi connectivity index (χ0) is 17.0. The lowest BCUT2D eigenvalue weighted by Crippen LogP contribution is -2.19. The molecule has 0 saturated carbocycles. The number of aromatic nitrogens is 1. The molecule has 0 radical (unpaired) electrons. The minimum absolute atomic E-state index is 0.0583. The summed E-state index contributed by atoms with van der Waals surface area (Å²) in [4.78, 5) is 11.6. The third-order valence-electron chi connectivity index (χ3n) is 3.52. The average molecular weight is 376 g/mol. The molecule has 0 fully saturated rings. The third kappa shape index (κ3) is 4.55. The maximum Gasteiger partial charge on any atom is 0.240 e. The van der Waals surface area contributed by atoms with Crippen molar-refractivity contribution in [2.75, 3.05) is 0 Å². The molecule has 0 aliphatic heterocycles. The highest BCUT2D eigenvalue weighted by Gasteiger charge is 2.10. The number of nitrogens with one attached hydrogen (secondary N) is 1. The average Bonchev–Trinajstić information content (AvgIpc) is 2.72. The van der Waals surface area contributed by atoms with E-state index in [-0.39, 0.29) is 5.91 Å². The molecule has 0 bridgehead atoms. The molecule has 0 aliphatic rings. The van der Waals surface area contributed by atoms with Crippen molar-refractivity contribution < 1.29 is 4.79 Å². The van der Waals surface area contributed by atoms with Gasteiger partial charge in [-0.2, -0.15) is 5.10 Å². The minimum Gasteiger partial charge on any atom is -0.318 e. The summed E-state index contributed by atoms with van der Waals surface area (Å²) in [6, 6.07) is 10.2. The number of hydrogen-bond acceptors (Lipinski definition) is 2. The Morgan fingerprint density at radius 1 is 1.35 bits per heavy atom. The predicted molar refractivity (Wildman–Crippen MR) is 98.1 cm³/mol. The zero-order valence-corrected chi connectivity index (χ0v) is 15.5. The molecule has 122 valence electrons. The van der Waals surface area contributed by atoms with Crippen LogP contribution in [0.4, 0.5) is 0 Å². The van der Waals surface area contributed by atoms with Crippen LogP contribution in [0.3, 0.4) is 0 Å². The molecule has 0 atom stereocenters. The highest BCUT2D eigenvalue weighted by Crippen LogP contribution is 2.22. The Morgan fingerprint density at radius 2 is 2.09 bits per heavy atom. The topological polar surface area (TPSA) is 46.4 Å². The summed E-state index contributed by atoms with van der Waals surface area (Å²) in [6.07, 6.45) is 2.18. The number of hydrazone groups is 1. The second kappa shape index (κ2) is 7.59. The molecule has 0 saturated heterocycles. The number of hydrogen-bond donors (Lipinski definition) is 1. The van der Waals surface area contributed by atoms with E-state index in [9.17, 15) is 4.79 Å². The Labute approximate surface area is 145 Å². The quantitative estimate of drug-likeness (QED) is 0.612. The molecule has 2 rings (SSSR count). The van der Waals surface area contributed by atoms with Gasteiger partial charge in [0.05, 0.1) is 6.21 Å². The lowest BCUT2D eigenvalue weighted by Gasteiger charge is -2.09. The molecular formula is C18H22BrN3O. The maximum atomic E-state index is 11.6. The number of benzene rings is 1. The van der Waals surface area contributed by atoms with Gasteiger partial charge in [-0.15, -0.1) is 0 Å². The van der Waals surface area contributed by atoms with Gasteiger partial charge < -0.3 is 4.57 Å². The third-order valence-corrected chi connectivity index (χ3v) is 4.02. The maximum absolute atomic E-state index is 11.6. The van der Waals surface area contributed by atoms with Gasteiger partial charge in [-0.3, -0.25) is 4.79 Å². The highest BCUT2D eigenvalue weighted by molar-refractivity contribution is 9.10. The van der Waals surface area contributed by atoms with Gasteiger partial charge in [0.25, 0.3) is 0 Å². The Bertz CT molecular complexity index is 732. The Balaban J connectivity index is 2.19. The number of carbonyl (C=O) groups excluding carboxylic acids is 1. The van der Waals surface area contributed by atoms with Crippen molar-refractivity contribution in [2.24, 2.45) is 11.0 Å². The van der Waals surface area contributed by atoms with E-state index in [0.29, 0.717) is 12.3 Å². The molecule has 1 N–H and O–H groups in total. The fraction of sp³-hybridized carbons (Fsp3) is 0.333. The lowest BCUT2D eigenvalue weighted by molar-refractivity contribution is -0.121. The Morgan fingerprint density at radius 3 is 2.74 bits per heavy atom. The first-order valence-electron chi connectivity index (χ1n) is 7.65. The molecule has 0 aliphatic carbocycles. The van der Waals surface area contributed by atoms with Gasteiger partial charge in [0.1, 0.15) is 0 Å². The summed E-state index contributed by atoms with van der Waals surface area (Å²) in [6.45, 7) is 8.12. The smallest absolute Gasteiger partial charge is 0.240 e. The van der Waals surface area contributed by atoms with Gasteiger partial charge in [0, 0.05) is 33.5 Å². The van der Waals surface area contributed by atoms with Gasteiger partial charge >= 0.3 is 0 Å². The van der Waals surface area contributed by atoms with Gasteiger partial charge in [-0.25, -0.2) is 5.43 Å². The van der Waals surface area contributed by atoms with Crippen molar-refractivity contribution in [3.8, 4) is 5.69 Å². The van der Waals surface area contributed by atoms with Crippen molar-refractivity contribution in [1.82, 2.24) is 9.99 Å². The molecule has 1 amide bonds. The minimum atomic E-state index is -0.0583. The molecule has 2 aromatic rings. The van der Waals surface area contributed by atoms with E-state index in [0.717, 1.165) is 27.1 Å². The van der Waals surface area contributed by atoms with E-state index in [4.69, 9.17) is 0 Å². The normalized spacial score (nSPS) is 11.4. The van der Waals surface area contributed by atoms with Crippen LogP contribution in [0.25, 0.3) is 5.69 Å². The molecule has 23 heavy (non-hydrogen) atoms. The van der Waals surface area contributed by atoms with Gasteiger partial charge in [-0.05, 0) is 44.0 Å². The molecule has 0 spiro atoms. The largest absolute Gasteiger partial charge is 0.318 e. The van der Waals surface area contributed by atoms with Gasteiger partial charge in [-0.1, -0.05) is 35.8 Å². The fourth-order valence-corrected chi connectivity index (χ4v) is 2.91. The van der Waals surface area contributed by atoms with Gasteiger partial charge in [0.15, 0.2) is 0 Å². The van der Waals surface area contributed by atoms with Crippen molar-refractivity contribution in [3.63, 3.8) is 0 Å². The van der Waals surface area contributed by atoms with E-state index in [1.807, 2.05) is 32.9 Å². The summed E-state index contributed by atoms with van der Waals surface area (Å²) >= 11 is 3.51. The first kappa shape index (κ1) is 17.5. The molecule has 1 aromatic carbocycles. The zero-order valence-electron chi connectivity index (χ0n) is 13.9. The number of nitrogens with zero attached hydrogens (tertiary/aromatic N) is 2. The summed E-state index contributed by atoms with van der Waals surface area (Å²) < 4.78 is 3.21. The number of aryl methyl sites for hydroxylation is 1. The van der Waals surface area contributed by atoms with E-state index in [1.165, 1.54) is 0 Å². The number of carbonyl (C=O) groups is 1. The molecule has 4 nitrogen and oxygen atoms in total. The number of halogens is 1. The van der Waals surface area contributed by atoms with Crippen LogP contribution in [0.5, 0.6) is 0 Å². The van der Waals surface area contributed by atoms with Crippen LogP contribution in [0.15, 0.2) is 39.9 Å². The van der Waals surface area contributed by atoms with E-state index >= 15 is 0 Å². The van der Waals surface area contributed by atoms with Crippen LogP contribution in [0, 0.1) is 19.8 Å². The summed E-state index contributed by atoms with van der Waals surface area (Å²) in [5.74, 6) is 0.267. The van der Waals surface area contributed by atoms with Crippen molar-refractivity contribution in [2.45, 2.75) is 34.1 Å². The van der Waals surface area contributed by atoms with E-state index in [2.05, 4.69) is 56.1 Å². The second-order valence-corrected chi connectivity index (χ2v) is 6.95. The monoisotopic (exact) mass is 375 g/mol. The van der Waals surface area contributed by atoms with Crippen LogP contribution in [-0.2, 0) is 4.79 Å². The summed E-state index contributed by atoms with van der Waals surface area (Å²) in [5, 5.41) is 4.07. The molecule has 1 heterocycles. The summed E-state index contributed by atoms with van der Waals surface area (Å²) in [5.41, 5.74) is 6.88. The van der Waals surface area contributed by atoms with E-state index in [1.54, 1.807) is 6.21 Å². The first-order chi connectivity index (χ1) is 10.9. The van der Waals surface area contributed by atoms with Crippen LogP contribution >= 0.6 is 15.9 Å². The molecule has 5 heteroatoms. The fourth-order valence-electron chi connectivity index (χ4n) is 2.52. The number of amides is 1. The van der Waals surface area contributed by atoms with Crippen LogP contribution in [0.2, 0.25) is 0 Å². The van der Waals surface area contributed by atoms with Crippen LogP contribution in [0.1, 0.15) is 37.2 Å². The van der Waals surface area contributed by atoms with Gasteiger partial charge in [0.2, 0.25) is 5.91 Å². The Kier molecular flexibility index (Phi) is 5.77. The van der Waals surface area contributed by atoms with E-state index < -0.39 is 0 Å². The standard InChI is InChI=1S/C18H22BrN3O/c1-12(2)8-18(23)21-20-11-15-9-13(3)22(14(15)4)17-7-5-6-16(19)10-17/h5-7,9-12H,8H2,1-4H3,(H,21,23)/b20-11-. The van der Waals surface area contributed by atoms with Crippen molar-refractivity contribution in [1.29, 1.82) is 0 Å². The Hall–Kier alpha value is -1.88. The summed E-state index contributed by atoms with van der Waals surface area (Å²) in [7, 11) is 0.